The van der Waals surface area contributed by atoms with E-state index < -0.39 is 23.7 Å². The fraction of sp³-hybridized carbons (Fsp3) is 0.357. The highest BCUT2D eigenvalue weighted by molar-refractivity contribution is 5.47. The maximum absolute atomic E-state index is 12.8. The molecule has 0 saturated carbocycles. The van der Waals surface area contributed by atoms with Crippen LogP contribution in [0.4, 0.5) is 32.0 Å². The van der Waals surface area contributed by atoms with Crippen molar-refractivity contribution in [2.75, 3.05) is 5.73 Å². The molecule has 0 saturated heterocycles. The third-order valence-corrected chi connectivity index (χ3v) is 3.31. The van der Waals surface area contributed by atoms with Gasteiger partial charge in [0.2, 0.25) is 0 Å². The molecule has 0 spiro atoms. The summed E-state index contributed by atoms with van der Waals surface area (Å²) in [4.78, 5) is 0. The van der Waals surface area contributed by atoms with Crippen LogP contribution in [0.3, 0.4) is 0 Å². The number of rotatable bonds is 3. The van der Waals surface area contributed by atoms with Crippen LogP contribution in [0, 0.1) is 6.92 Å². The molecule has 0 bridgehead atoms. The van der Waals surface area contributed by atoms with Gasteiger partial charge < -0.3 is 5.73 Å². The summed E-state index contributed by atoms with van der Waals surface area (Å²) in [5, 5.41) is 3.05. The number of halogens is 6. The van der Waals surface area contributed by atoms with E-state index in [9.17, 15) is 26.3 Å². The first-order valence-corrected chi connectivity index (χ1v) is 6.55. The standard InChI is InChI=1S/C14H13F6N3/c1-8-6-9(2-3-10(8)21)4-5-23-12(14(18,19)20)7-11(22-23)13(15,16)17/h2-3,6-7H,4-5,21H2,1H3. The smallest absolute Gasteiger partial charge is 0.399 e. The van der Waals surface area contributed by atoms with E-state index in [1.165, 1.54) is 0 Å². The monoisotopic (exact) mass is 337 g/mol. The number of nitrogens with two attached hydrogens (primary N) is 1. The molecule has 0 radical (unpaired) electrons. The van der Waals surface area contributed by atoms with Gasteiger partial charge in [0.05, 0.1) is 0 Å². The van der Waals surface area contributed by atoms with Gasteiger partial charge in [-0.25, -0.2) is 0 Å². The third-order valence-electron chi connectivity index (χ3n) is 3.31. The summed E-state index contributed by atoms with van der Waals surface area (Å²) < 4.78 is 76.6. The van der Waals surface area contributed by atoms with Crippen LogP contribution in [-0.4, -0.2) is 9.78 Å². The van der Waals surface area contributed by atoms with Gasteiger partial charge in [-0.3, -0.25) is 4.68 Å². The second kappa shape index (κ2) is 5.78. The molecule has 126 valence electrons. The zero-order valence-electron chi connectivity index (χ0n) is 12.0. The van der Waals surface area contributed by atoms with E-state index >= 15 is 0 Å². The Labute approximate surface area is 127 Å². The summed E-state index contributed by atoms with van der Waals surface area (Å²) in [6.45, 7) is 1.41. The molecular formula is C14H13F6N3. The molecule has 0 unspecified atom stereocenters. The molecule has 0 fully saturated rings. The van der Waals surface area contributed by atoms with E-state index in [4.69, 9.17) is 5.73 Å². The highest BCUT2D eigenvalue weighted by Gasteiger charge is 2.41. The summed E-state index contributed by atoms with van der Waals surface area (Å²) >= 11 is 0. The molecule has 0 amide bonds. The zero-order valence-corrected chi connectivity index (χ0v) is 12.0. The fourth-order valence-electron chi connectivity index (χ4n) is 2.08. The zero-order chi connectivity index (χ0) is 17.4. The molecule has 0 aliphatic carbocycles. The first-order chi connectivity index (χ1) is 10.5. The predicted octanol–water partition coefficient (Wildman–Crippen LogP) is 4.05. The van der Waals surface area contributed by atoms with Crippen LogP contribution in [0.5, 0.6) is 0 Å². The first-order valence-electron chi connectivity index (χ1n) is 6.55. The Bertz CT molecular complexity index is 700. The average Bonchev–Trinajstić information content (AvgIpc) is 2.84. The van der Waals surface area contributed by atoms with E-state index in [0.717, 1.165) is 5.56 Å². The van der Waals surface area contributed by atoms with Crippen molar-refractivity contribution in [2.24, 2.45) is 0 Å². The number of hydrogen-bond donors (Lipinski definition) is 1. The Morgan fingerprint density at radius 2 is 1.70 bits per heavy atom. The third kappa shape index (κ3) is 3.96. The quantitative estimate of drug-likeness (QED) is 0.678. The highest BCUT2D eigenvalue weighted by atomic mass is 19.4. The molecule has 2 aromatic rings. The van der Waals surface area contributed by atoms with Crippen LogP contribution in [-0.2, 0) is 25.3 Å². The minimum absolute atomic E-state index is 0.0221. The van der Waals surface area contributed by atoms with Crippen LogP contribution in [0.25, 0.3) is 0 Å². The number of hydrogen-bond acceptors (Lipinski definition) is 2. The lowest BCUT2D eigenvalue weighted by atomic mass is 10.1. The van der Waals surface area contributed by atoms with E-state index in [1.54, 1.807) is 25.1 Å². The summed E-state index contributed by atoms with van der Waals surface area (Å²) in [5.74, 6) is 0. The molecule has 1 aromatic carbocycles. The Hall–Kier alpha value is -2.19. The number of aryl methyl sites for hydroxylation is 3. The summed E-state index contributed by atoms with van der Waals surface area (Å²) in [5.41, 5.74) is 4.60. The fourth-order valence-corrected chi connectivity index (χ4v) is 2.08. The normalized spacial score (nSPS) is 12.7. The summed E-state index contributed by atoms with van der Waals surface area (Å²) in [6, 6.07) is 4.91. The topological polar surface area (TPSA) is 43.8 Å². The van der Waals surface area contributed by atoms with Crippen LogP contribution in [0.15, 0.2) is 24.3 Å². The maximum atomic E-state index is 12.8. The SMILES string of the molecule is Cc1cc(CCn2nc(C(F)(F)F)cc2C(F)(F)F)ccc1N. The van der Waals surface area contributed by atoms with Gasteiger partial charge in [-0.05, 0) is 30.5 Å². The van der Waals surface area contributed by atoms with Crippen LogP contribution in [0.2, 0.25) is 0 Å². The Balaban J connectivity index is 2.27. The van der Waals surface area contributed by atoms with Gasteiger partial charge in [0.1, 0.15) is 5.69 Å². The number of nitrogen functional groups attached to an aromatic ring is 1. The summed E-state index contributed by atoms with van der Waals surface area (Å²) in [7, 11) is 0. The van der Waals surface area contributed by atoms with Crippen LogP contribution in [0.1, 0.15) is 22.5 Å². The van der Waals surface area contributed by atoms with Crippen molar-refractivity contribution >= 4 is 5.69 Å². The number of alkyl halides is 6. The van der Waals surface area contributed by atoms with Crippen molar-refractivity contribution in [2.45, 2.75) is 32.2 Å². The molecule has 9 heteroatoms. The van der Waals surface area contributed by atoms with Gasteiger partial charge in [0.25, 0.3) is 0 Å². The lowest BCUT2D eigenvalue weighted by molar-refractivity contribution is -0.144. The molecule has 0 aliphatic rings. The number of nitrogens with zero attached hydrogens (tertiary/aromatic N) is 2. The van der Waals surface area contributed by atoms with E-state index in [0.29, 0.717) is 15.9 Å². The molecule has 2 N–H and O–H groups in total. The molecule has 0 atom stereocenters. The number of benzene rings is 1. The van der Waals surface area contributed by atoms with Crippen LogP contribution >= 0.6 is 0 Å². The summed E-state index contributed by atoms with van der Waals surface area (Å²) in [6.07, 6.45) is -9.74. The Morgan fingerprint density at radius 1 is 1.04 bits per heavy atom. The van der Waals surface area contributed by atoms with Crippen molar-refractivity contribution in [3.8, 4) is 0 Å². The number of anilines is 1. The van der Waals surface area contributed by atoms with Crippen molar-refractivity contribution < 1.29 is 26.3 Å². The number of aromatic nitrogens is 2. The molecule has 0 aliphatic heterocycles. The average molecular weight is 337 g/mol. The molecule has 23 heavy (non-hydrogen) atoms. The van der Waals surface area contributed by atoms with Gasteiger partial charge in [0, 0.05) is 18.3 Å². The van der Waals surface area contributed by atoms with Gasteiger partial charge in [0.15, 0.2) is 5.69 Å². The minimum atomic E-state index is -4.93. The minimum Gasteiger partial charge on any atom is -0.399 e. The Morgan fingerprint density at radius 3 is 2.22 bits per heavy atom. The van der Waals surface area contributed by atoms with E-state index in [2.05, 4.69) is 5.10 Å². The first kappa shape index (κ1) is 17.2. The highest BCUT2D eigenvalue weighted by Crippen LogP contribution is 2.35. The second-order valence-corrected chi connectivity index (χ2v) is 5.07. The van der Waals surface area contributed by atoms with Crippen molar-refractivity contribution in [1.29, 1.82) is 0 Å². The molecule has 3 nitrogen and oxygen atoms in total. The van der Waals surface area contributed by atoms with E-state index in [-0.39, 0.29) is 19.0 Å². The second-order valence-electron chi connectivity index (χ2n) is 5.07. The molecule has 1 aromatic heterocycles. The van der Waals surface area contributed by atoms with E-state index in [1.807, 2.05) is 0 Å². The molecular weight excluding hydrogens is 324 g/mol. The predicted molar refractivity (Wildman–Crippen MR) is 71.5 cm³/mol. The van der Waals surface area contributed by atoms with Crippen molar-refractivity contribution in [1.82, 2.24) is 9.78 Å². The van der Waals surface area contributed by atoms with Gasteiger partial charge in [-0.1, -0.05) is 12.1 Å². The molecule has 1 heterocycles. The largest absolute Gasteiger partial charge is 0.435 e. The lowest BCUT2D eigenvalue weighted by Crippen LogP contribution is -2.16. The van der Waals surface area contributed by atoms with Gasteiger partial charge in [-0.2, -0.15) is 31.4 Å². The molecule has 2 rings (SSSR count). The van der Waals surface area contributed by atoms with Gasteiger partial charge >= 0.3 is 12.4 Å². The van der Waals surface area contributed by atoms with Crippen LogP contribution < -0.4 is 5.73 Å². The Kier molecular flexibility index (Phi) is 4.32. The maximum Gasteiger partial charge on any atom is 0.435 e. The lowest BCUT2D eigenvalue weighted by Gasteiger charge is -2.11. The van der Waals surface area contributed by atoms with Crippen molar-refractivity contribution in [3.63, 3.8) is 0 Å². The van der Waals surface area contributed by atoms with Crippen molar-refractivity contribution in [3.05, 3.63) is 46.8 Å². The van der Waals surface area contributed by atoms with Gasteiger partial charge in [-0.15, -0.1) is 0 Å².